The van der Waals surface area contributed by atoms with Crippen LogP contribution in [0.1, 0.15) is 28.3 Å². The molecule has 26 heavy (non-hydrogen) atoms. The van der Waals surface area contributed by atoms with Crippen molar-refractivity contribution in [2.24, 2.45) is 4.99 Å². The number of nitrogens with zero attached hydrogens (tertiary/aromatic N) is 4. The van der Waals surface area contributed by atoms with Gasteiger partial charge < -0.3 is 15.1 Å². The normalized spacial score (nSPS) is 11.3. The first-order chi connectivity index (χ1) is 12.2. The van der Waals surface area contributed by atoms with Crippen molar-refractivity contribution in [2.75, 3.05) is 6.54 Å². The Morgan fingerprint density at radius 1 is 1.31 bits per heavy atom. The zero-order chi connectivity index (χ0) is 17.6. The van der Waals surface area contributed by atoms with E-state index in [0.29, 0.717) is 30.5 Å². The molecule has 0 aliphatic carbocycles. The van der Waals surface area contributed by atoms with Crippen LogP contribution in [-0.4, -0.2) is 32.7 Å². The first kappa shape index (κ1) is 20.4. The van der Waals surface area contributed by atoms with Crippen molar-refractivity contribution in [3.8, 4) is 11.6 Å². The second-order valence-electron chi connectivity index (χ2n) is 5.37. The maximum Gasteiger partial charge on any atom is 0.216 e. The highest BCUT2D eigenvalue weighted by molar-refractivity contribution is 14.0. The molecule has 8 nitrogen and oxygen atoms in total. The van der Waals surface area contributed by atoms with Crippen LogP contribution in [-0.2, 0) is 13.1 Å². The van der Waals surface area contributed by atoms with E-state index in [1.54, 1.807) is 23.7 Å². The smallest absolute Gasteiger partial charge is 0.216 e. The fourth-order valence-corrected chi connectivity index (χ4v) is 3.16. The first-order valence-corrected chi connectivity index (χ1v) is 8.87. The summed E-state index contributed by atoms with van der Waals surface area (Å²) in [5.74, 6) is 2.56. The second-order valence-corrected chi connectivity index (χ2v) is 6.66. The lowest BCUT2D eigenvalue weighted by molar-refractivity contribution is 0.577. The van der Waals surface area contributed by atoms with E-state index in [1.165, 1.54) is 4.88 Å². The molecule has 3 rings (SSSR count). The number of nitrogens with one attached hydrogen (secondary N) is 3. The molecule has 0 aliphatic rings. The minimum absolute atomic E-state index is 0. The minimum Gasteiger partial charge on any atom is -0.461 e. The number of thiazole rings is 1. The summed E-state index contributed by atoms with van der Waals surface area (Å²) in [4.78, 5) is 14.6. The summed E-state index contributed by atoms with van der Waals surface area (Å²) in [6.07, 6.45) is 1.60. The number of aliphatic imine (C=N–C) groups is 1. The predicted molar refractivity (Wildman–Crippen MR) is 113 cm³/mol. The van der Waals surface area contributed by atoms with E-state index in [4.69, 9.17) is 4.42 Å². The lowest BCUT2D eigenvalue weighted by Gasteiger charge is -2.10. The summed E-state index contributed by atoms with van der Waals surface area (Å²) >= 11 is 1.70. The van der Waals surface area contributed by atoms with Crippen LogP contribution in [0.3, 0.4) is 0 Å². The van der Waals surface area contributed by atoms with Crippen LogP contribution in [0, 0.1) is 13.8 Å². The molecule has 10 heteroatoms. The lowest BCUT2D eigenvalue weighted by atomic mass is 10.4. The van der Waals surface area contributed by atoms with Crippen LogP contribution in [0.25, 0.3) is 11.6 Å². The van der Waals surface area contributed by atoms with Gasteiger partial charge in [0.25, 0.3) is 0 Å². The quantitative estimate of drug-likeness (QED) is 0.281. The Hall–Kier alpha value is -1.95. The molecule has 0 fully saturated rings. The Bertz CT molecular complexity index is 841. The van der Waals surface area contributed by atoms with Gasteiger partial charge in [0.15, 0.2) is 11.7 Å². The number of rotatable bonds is 6. The van der Waals surface area contributed by atoms with Crippen molar-refractivity contribution in [3.05, 3.63) is 39.8 Å². The van der Waals surface area contributed by atoms with Gasteiger partial charge in [-0.1, -0.05) is 0 Å². The number of aromatic amines is 1. The molecule has 0 aliphatic heterocycles. The van der Waals surface area contributed by atoms with E-state index < -0.39 is 0 Å². The molecule has 3 aromatic heterocycles. The summed E-state index contributed by atoms with van der Waals surface area (Å²) < 4.78 is 5.29. The molecule has 0 amide bonds. The third kappa shape index (κ3) is 5.27. The molecule has 0 unspecified atom stereocenters. The van der Waals surface area contributed by atoms with E-state index in [9.17, 15) is 0 Å². The van der Waals surface area contributed by atoms with Gasteiger partial charge in [-0.05, 0) is 32.9 Å². The van der Waals surface area contributed by atoms with Crippen molar-refractivity contribution >= 4 is 41.3 Å². The zero-order valence-electron chi connectivity index (χ0n) is 14.9. The van der Waals surface area contributed by atoms with E-state index in [-0.39, 0.29) is 24.0 Å². The molecule has 0 saturated carbocycles. The van der Waals surface area contributed by atoms with Gasteiger partial charge in [-0.15, -0.1) is 40.4 Å². The minimum atomic E-state index is 0. The van der Waals surface area contributed by atoms with Crippen molar-refractivity contribution < 1.29 is 4.42 Å². The van der Waals surface area contributed by atoms with Crippen LogP contribution in [0.15, 0.2) is 27.8 Å². The van der Waals surface area contributed by atoms with Gasteiger partial charge in [0.05, 0.1) is 23.5 Å². The number of H-pyrrole nitrogens is 1. The van der Waals surface area contributed by atoms with Crippen LogP contribution in [0.4, 0.5) is 0 Å². The lowest BCUT2D eigenvalue weighted by Crippen LogP contribution is -2.36. The first-order valence-electron chi connectivity index (χ1n) is 8.06. The molecule has 0 spiro atoms. The summed E-state index contributed by atoms with van der Waals surface area (Å²) in [6, 6.07) is 3.63. The molecular weight excluding hydrogens is 465 g/mol. The number of hydrogen-bond acceptors (Lipinski definition) is 6. The van der Waals surface area contributed by atoms with Crippen molar-refractivity contribution in [1.29, 1.82) is 0 Å². The number of furan rings is 1. The van der Waals surface area contributed by atoms with Gasteiger partial charge in [0, 0.05) is 11.4 Å². The molecule has 140 valence electrons. The summed E-state index contributed by atoms with van der Waals surface area (Å²) in [7, 11) is 0. The SMILES string of the molecule is CCNC(=NCc1nc(-c2ccco2)n[nH]1)NCc1sc(C)nc1C.I. The molecule has 0 radical (unpaired) electrons. The molecule has 3 aromatic rings. The van der Waals surface area contributed by atoms with Gasteiger partial charge >= 0.3 is 0 Å². The zero-order valence-corrected chi connectivity index (χ0v) is 18.0. The van der Waals surface area contributed by atoms with Crippen LogP contribution in [0.2, 0.25) is 0 Å². The van der Waals surface area contributed by atoms with Crippen LogP contribution >= 0.6 is 35.3 Å². The van der Waals surface area contributed by atoms with Crippen LogP contribution < -0.4 is 10.6 Å². The summed E-state index contributed by atoms with van der Waals surface area (Å²) in [6.45, 7) is 7.93. The highest BCUT2D eigenvalue weighted by atomic mass is 127. The molecule has 0 aromatic carbocycles. The molecule has 0 atom stereocenters. The van der Waals surface area contributed by atoms with Gasteiger partial charge in [-0.3, -0.25) is 5.10 Å². The second kappa shape index (κ2) is 9.67. The monoisotopic (exact) mass is 487 g/mol. The van der Waals surface area contributed by atoms with E-state index >= 15 is 0 Å². The molecular formula is C16H22IN7OS. The van der Waals surface area contributed by atoms with E-state index in [2.05, 4.69) is 35.8 Å². The van der Waals surface area contributed by atoms with Gasteiger partial charge in [0.2, 0.25) is 5.82 Å². The Kier molecular flexibility index (Phi) is 7.57. The Balaban J connectivity index is 0.00000243. The average molecular weight is 487 g/mol. The number of guanidine groups is 1. The highest BCUT2D eigenvalue weighted by Gasteiger charge is 2.09. The molecule has 0 bridgehead atoms. The average Bonchev–Trinajstić information content (AvgIpc) is 3.31. The van der Waals surface area contributed by atoms with Crippen molar-refractivity contribution in [2.45, 2.75) is 33.9 Å². The number of aryl methyl sites for hydroxylation is 2. The Morgan fingerprint density at radius 2 is 2.15 bits per heavy atom. The summed E-state index contributed by atoms with van der Waals surface area (Å²) in [5.41, 5.74) is 1.06. The van der Waals surface area contributed by atoms with Crippen LogP contribution in [0.5, 0.6) is 0 Å². The Morgan fingerprint density at radius 3 is 2.81 bits per heavy atom. The topological polar surface area (TPSA) is 104 Å². The molecule has 0 saturated heterocycles. The largest absolute Gasteiger partial charge is 0.461 e. The van der Waals surface area contributed by atoms with Crippen molar-refractivity contribution in [1.82, 2.24) is 30.8 Å². The predicted octanol–water partition coefficient (Wildman–Crippen LogP) is 3.01. The maximum absolute atomic E-state index is 5.29. The Labute approximate surface area is 173 Å². The fourth-order valence-electron chi connectivity index (χ4n) is 2.28. The van der Waals surface area contributed by atoms with Gasteiger partial charge in [-0.2, -0.15) is 0 Å². The maximum atomic E-state index is 5.29. The van der Waals surface area contributed by atoms with Gasteiger partial charge in [-0.25, -0.2) is 15.0 Å². The standard InChI is InChI=1S/C16H21N7OS.HI/c1-4-17-16(18-8-13-10(2)20-11(3)25-13)19-9-14-21-15(23-22-14)12-6-5-7-24-12;/h5-7H,4,8-9H2,1-3H3,(H2,17,18,19)(H,21,22,23);1H. The van der Waals surface area contributed by atoms with E-state index in [1.807, 2.05) is 26.8 Å². The third-order valence-electron chi connectivity index (χ3n) is 3.42. The molecule has 3 heterocycles. The fraction of sp³-hybridized carbons (Fsp3) is 0.375. The third-order valence-corrected chi connectivity index (χ3v) is 4.49. The number of aromatic nitrogens is 4. The number of hydrogen-bond donors (Lipinski definition) is 3. The van der Waals surface area contributed by atoms with Gasteiger partial charge in [0.1, 0.15) is 12.4 Å². The molecule has 3 N–H and O–H groups in total. The van der Waals surface area contributed by atoms with E-state index in [0.717, 1.165) is 23.2 Å². The van der Waals surface area contributed by atoms with Crippen molar-refractivity contribution in [3.63, 3.8) is 0 Å². The highest BCUT2D eigenvalue weighted by Crippen LogP contribution is 2.16. The number of halogens is 1. The summed E-state index contributed by atoms with van der Waals surface area (Å²) in [5, 5.41) is 14.7.